The highest BCUT2D eigenvalue weighted by atomic mass is 16.2. The second kappa shape index (κ2) is 7.48. The molecule has 7 heteroatoms. The van der Waals surface area contributed by atoms with E-state index < -0.39 is 0 Å². The number of aryl methyl sites for hydroxylation is 1. The molecule has 0 atom stereocenters. The summed E-state index contributed by atoms with van der Waals surface area (Å²) in [7, 11) is 0. The molecule has 0 saturated carbocycles. The summed E-state index contributed by atoms with van der Waals surface area (Å²) in [5.74, 6) is -0.281. The molecule has 1 N–H and O–H groups in total. The van der Waals surface area contributed by atoms with Gasteiger partial charge in [-0.2, -0.15) is 10.2 Å². The van der Waals surface area contributed by atoms with Gasteiger partial charge in [0.15, 0.2) is 0 Å². The number of benzene rings is 2. The summed E-state index contributed by atoms with van der Waals surface area (Å²) >= 11 is 0. The van der Waals surface area contributed by atoms with E-state index in [1.165, 1.54) is 4.68 Å². The molecule has 2 heterocycles. The summed E-state index contributed by atoms with van der Waals surface area (Å²) in [4.78, 5) is 24.9. The third-order valence-electron chi connectivity index (χ3n) is 4.49. The van der Waals surface area contributed by atoms with Crippen LogP contribution in [0.1, 0.15) is 11.3 Å². The van der Waals surface area contributed by atoms with Crippen LogP contribution in [0, 0.1) is 6.92 Å². The topological polar surface area (TPSA) is 81.8 Å². The van der Waals surface area contributed by atoms with E-state index in [4.69, 9.17) is 0 Å². The molecule has 7 nitrogen and oxygen atoms in total. The van der Waals surface area contributed by atoms with Crippen molar-refractivity contribution in [1.29, 1.82) is 0 Å². The lowest BCUT2D eigenvalue weighted by Gasteiger charge is -2.09. The number of amides is 1. The van der Waals surface area contributed by atoms with Gasteiger partial charge >= 0.3 is 0 Å². The van der Waals surface area contributed by atoms with Gasteiger partial charge in [0.05, 0.1) is 23.0 Å². The lowest BCUT2D eigenvalue weighted by Crippen LogP contribution is -2.33. The van der Waals surface area contributed by atoms with E-state index in [0.717, 1.165) is 16.6 Å². The minimum atomic E-state index is -0.281. The number of fused-ring (bicyclic) bond motifs is 1. The van der Waals surface area contributed by atoms with Crippen molar-refractivity contribution in [3.05, 3.63) is 88.6 Å². The highest BCUT2D eigenvalue weighted by molar-refractivity contribution is 5.83. The normalized spacial score (nSPS) is 10.9. The van der Waals surface area contributed by atoms with Crippen molar-refractivity contribution in [2.75, 3.05) is 0 Å². The molecule has 4 rings (SSSR count). The molecule has 0 aliphatic heterocycles. The minimum absolute atomic E-state index is 0.128. The van der Waals surface area contributed by atoms with Crippen LogP contribution in [0.15, 0.2) is 71.8 Å². The fourth-order valence-corrected chi connectivity index (χ4v) is 3.08. The second-order valence-electron chi connectivity index (χ2n) is 6.50. The third-order valence-corrected chi connectivity index (χ3v) is 4.49. The Balaban J connectivity index is 1.44. The van der Waals surface area contributed by atoms with Crippen LogP contribution in [-0.2, 0) is 17.9 Å². The van der Waals surface area contributed by atoms with Gasteiger partial charge in [-0.15, -0.1) is 0 Å². The fourth-order valence-electron chi connectivity index (χ4n) is 3.08. The van der Waals surface area contributed by atoms with E-state index in [0.29, 0.717) is 17.6 Å². The maximum absolute atomic E-state index is 12.6. The Labute approximate surface area is 161 Å². The van der Waals surface area contributed by atoms with Crippen LogP contribution >= 0.6 is 0 Å². The molecule has 2 aromatic carbocycles. The average Bonchev–Trinajstić information content (AvgIpc) is 3.20. The van der Waals surface area contributed by atoms with Gasteiger partial charge in [0.25, 0.3) is 5.56 Å². The first kappa shape index (κ1) is 17.7. The minimum Gasteiger partial charge on any atom is -0.350 e. The molecule has 2 aromatic heterocycles. The number of carbonyl (C=O) groups is 1. The van der Waals surface area contributed by atoms with Gasteiger partial charge in [-0.05, 0) is 25.1 Å². The number of rotatable bonds is 5. The number of carbonyl (C=O) groups excluding carboxylic acids is 1. The van der Waals surface area contributed by atoms with Gasteiger partial charge in [-0.1, -0.05) is 36.4 Å². The molecule has 0 spiro atoms. The van der Waals surface area contributed by atoms with Crippen LogP contribution in [0.5, 0.6) is 0 Å². The van der Waals surface area contributed by atoms with E-state index in [9.17, 15) is 9.59 Å². The number of hydrogen-bond acceptors (Lipinski definition) is 4. The monoisotopic (exact) mass is 373 g/mol. The lowest BCUT2D eigenvalue weighted by molar-refractivity contribution is -0.122. The first-order chi connectivity index (χ1) is 13.6. The van der Waals surface area contributed by atoms with Crippen LogP contribution < -0.4 is 10.9 Å². The summed E-state index contributed by atoms with van der Waals surface area (Å²) < 4.78 is 2.96. The predicted molar refractivity (Wildman–Crippen MR) is 106 cm³/mol. The van der Waals surface area contributed by atoms with Gasteiger partial charge in [0.2, 0.25) is 5.91 Å². The van der Waals surface area contributed by atoms with Crippen molar-refractivity contribution in [1.82, 2.24) is 24.9 Å². The molecule has 0 radical (unpaired) electrons. The zero-order valence-corrected chi connectivity index (χ0v) is 15.4. The Hall–Kier alpha value is -3.74. The van der Waals surface area contributed by atoms with E-state index in [2.05, 4.69) is 15.5 Å². The Kier molecular flexibility index (Phi) is 4.72. The van der Waals surface area contributed by atoms with E-state index in [-0.39, 0.29) is 18.0 Å². The summed E-state index contributed by atoms with van der Waals surface area (Å²) in [5.41, 5.74) is 2.26. The molecule has 0 unspecified atom stereocenters. The molecular weight excluding hydrogens is 354 g/mol. The first-order valence-electron chi connectivity index (χ1n) is 8.94. The highest BCUT2D eigenvalue weighted by Crippen LogP contribution is 2.11. The van der Waals surface area contributed by atoms with Crippen LogP contribution in [0.3, 0.4) is 0 Å². The maximum Gasteiger partial charge on any atom is 0.275 e. The number of aromatic nitrogens is 4. The van der Waals surface area contributed by atoms with Crippen molar-refractivity contribution >= 4 is 16.7 Å². The summed E-state index contributed by atoms with van der Waals surface area (Å²) in [6.07, 6.45) is 3.57. The van der Waals surface area contributed by atoms with Crippen molar-refractivity contribution < 1.29 is 4.79 Å². The standard InChI is InChI=1S/C21H19N5O2/c1-15-18-9-5-6-10-19(18)21(28)26(24-15)14-20(27)22-11-16-12-23-25(13-16)17-7-3-2-4-8-17/h2-10,12-13H,11,14H2,1H3,(H,22,27). The van der Waals surface area contributed by atoms with E-state index in [1.807, 2.05) is 55.6 Å². The van der Waals surface area contributed by atoms with E-state index in [1.54, 1.807) is 23.0 Å². The zero-order chi connectivity index (χ0) is 19.5. The van der Waals surface area contributed by atoms with Crippen LogP contribution in [0.2, 0.25) is 0 Å². The molecular formula is C21H19N5O2. The number of para-hydroxylation sites is 1. The van der Waals surface area contributed by atoms with Gasteiger partial charge in [0.1, 0.15) is 6.54 Å². The smallest absolute Gasteiger partial charge is 0.275 e. The molecule has 140 valence electrons. The summed E-state index contributed by atoms with van der Waals surface area (Å²) in [6, 6.07) is 17.0. The Morgan fingerprint density at radius 3 is 2.54 bits per heavy atom. The average molecular weight is 373 g/mol. The summed E-state index contributed by atoms with van der Waals surface area (Å²) in [5, 5.41) is 12.8. The van der Waals surface area contributed by atoms with Crippen molar-refractivity contribution in [3.63, 3.8) is 0 Å². The number of nitrogens with zero attached hydrogens (tertiary/aromatic N) is 4. The first-order valence-corrected chi connectivity index (χ1v) is 8.94. The van der Waals surface area contributed by atoms with Crippen LogP contribution in [0.25, 0.3) is 16.5 Å². The van der Waals surface area contributed by atoms with Gasteiger partial charge in [-0.3, -0.25) is 9.59 Å². The molecule has 1 amide bonds. The molecule has 0 aliphatic carbocycles. The second-order valence-corrected chi connectivity index (χ2v) is 6.50. The largest absolute Gasteiger partial charge is 0.350 e. The third kappa shape index (κ3) is 3.55. The van der Waals surface area contributed by atoms with Crippen molar-refractivity contribution in [3.8, 4) is 5.69 Å². The lowest BCUT2D eigenvalue weighted by atomic mass is 10.1. The van der Waals surface area contributed by atoms with Gasteiger partial charge < -0.3 is 5.32 Å². The van der Waals surface area contributed by atoms with E-state index >= 15 is 0 Å². The number of hydrogen-bond donors (Lipinski definition) is 1. The van der Waals surface area contributed by atoms with Crippen LogP contribution in [0.4, 0.5) is 0 Å². The molecule has 0 aliphatic rings. The molecule has 0 saturated heterocycles. The Bertz CT molecular complexity index is 1190. The Morgan fingerprint density at radius 2 is 1.75 bits per heavy atom. The van der Waals surface area contributed by atoms with Crippen molar-refractivity contribution in [2.45, 2.75) is 20.0 Å². The number of nitrogens with one attached hydrogen (secondary N) is 1. The molecule has 0 bridgehead atoms. The van der Waals surface area contributed by atoms with Gasteiger partial charge in [-0.25, -0.2) is 9.36 Å². The molecule has 28 heavy (non-hydrogen) atoms. The van der Waals surface area contributed by atoms with Crippen molar-refractivity contribution in [2.24, 2.45) is 0 Å². The SMILES string of the molecule is Cc1nn(CC(=O)NCc2cnn(-c3ccccc3)c2)c(=O)c2ccccc12. The molecule has 0 fully saturated rings. The Morgan fingerprint density at radius 1 is 1.04 bits per heavy atom. The predicted octanol–water partition coefficient (Wildman–Crippen LogP) is 2.21. The summed E-state index contributed by atoms with van der Waals surface area (Å²) in [6.45, 7) is 2.03. The maximum atomic E-state index is 12.6. The molecule has 4 aromatic rings. The zero-order valence-electron chi connectivity index (χ0n) is 15.4. The van der Waals surface area contributed by atoms with Gasteiger partial charge in [0, 0.05) is 23.7 Å². The quantitative estimate of drug-likeness (QED) is 0.581. The highest BCUT2D eigenvalue weighted by Gasteiger charge is 2.11. The fraction of sp³-hybridized carbons (Fsp3) is 0.143. The van der Waals surface area contributed by atoms with Crippen LogP contribution in [-0.4, -0.2) is 25.5 Å².